The normalized spacial score (nSPS) is 17.2. The van der Waals surface area contributed by atoms with Gasteiger partial charge in [-0.05, 0) is 25.9 Å². The van der Waals surface area contributed by atoms with Gasteiger partial charge in [0.2, 0.25) is 0 Å². The van der Waals surface area contributed by atoms with Crippen LogP contribution in [0, 0.1) is 0 Å². The van der Waals surface area contributed by atoms with E-state index in [0.29, 0.717) is 5.92 Å². The molecule has 0 spiro atoms. The Kier molecular flexibility index (Phi) is 6.12. The van der Waals surface area contributed by atoms with Gasteiger partial charge in [-0.1, -0.05) is 0 Å². The van der Waals surface area contributed by atoms with Gasteiger partial charge < -0.3 is 10.3 Å². The lowest BCUT2D eigenvalue weighted by Crippen LogP contribution is -2.27. The van der Waals surface area contributed by atoms with Crippen molar-refractivity contribution in [3.8, 4) is 0 Å². The second-order valence-electron chi connectivity index (χ2n) is 3.00. The molecule has 0 radical (unpaired) electrons. The molecule has 0 amide bonds. The lowest BCUT2D eigenvalue weighted by Gasteiger charge is -2.20. The minimum Gasteiger partial charge on any atom is -0.348 e. The summed E-state index contributed by atoms with van der Waals surface area (Å²) >= 11 is 0. The fourth-order valence-corrected chi connectivity index (χ4v) is 1.60. The van der Waals surface area contributed by atoms with Gasteiger partial charge in [0.1, 0.15) is 5.82 Å². The molecule has 1 saturated heterocycles. The first-order valence-corrected chi connectivity index (χ1v) is 4.17. The van der Waals surface area contributed by atoms with Crippen LogP contribution in [-0.2, 0) is 0 Å². The minimum atomic E-state index is 0. The van der Waals surface area contributed by atoms with Gasteiger partial charge in [0.05, 0.1) is 0 Å². The molecule has 0 unspecified atom stereocenters. The summed E-state index contributed by atoms with van der Waals surface area (Å²) in [5, 5.41) is 3.33. The van der Waals surface area contributed by atoms with Gasteiger partial charge >= 0.3 is 0 Å². The van der Waals surface area contributed by atoms with Gasteiger partial charge in [-0.25, -0.2) is 4.98 Å². The number of aromatic nitrogens is 2. The molecule has 1 fully saturated rings. The highest BCUT2D eigenvalue weighted by atomic mass is 35.5. The SMILES string of the molecule is Cl.Cl.c1c[nH]c(C2CCNCC2)n1. The largest absolute Gasteiger partial charge is 0.348 e. The number of hydrogen-bond donors (Lipinski definition) is 2. The standard InChI is InChI=1S/C8H13N3.2ClH/c1-3-9-4-2-7(1)8-10-5-6-11-8;;/h5-7,9H,1-4H2,(H,10,11);2*1H. The predicted molar refractivity (Wildman–Crippen MR) is 57.9 cm³/mol. The summed E-state index contributed by atoms with van der Waals surface area (Å²) in [6.07, 6.45) is 6.16. The van der Waals surface area contributed by atoms with E-state index in [1.807, 2.05) is 12.4 Å². The maximum atomic E-state index is 4.26. The molecule has 0 aromatic carbocycles. The Labute approximate surface area is 90.5 Å². The molecule has 1 aromatic heterocycles. The second-order valence-corrected chi connectivity index (χ2v) is 3.00. The molecular weight excluding hydrogens is 209 g/mol. The molecule has 1 aliphatic rings. The van der Waals surface area contributed by atoms with E-state index in [0.717, 1.165) is 18.9 Å². The lowest BCUT2D eigenvalue weighted by atomic mass is 9.98. The van der Waals surface area contributed by atoms with Crippen LogP contribution >= 0.6 is 24.8 Å². The monoisotopic (exact) mass is 223 g/mol. The number of rotatable bonds is 1. The predicted octanol–water partition coefficient (Wildman–Crippen LogP) is 1.72. The van der Waals surface area contributed by atoms with E-state index in [1.54, 1.807) is 0 Å². The quantitative estimate of drug-likeness (QED) is 0.762. The topological polar surface area (TPSA) is 40.7 Å². The molecule has 76 valence electrons. The molecule has 1 aliphatic heterocycles. The van der Waals surface area contributed by atoms with Crippen LogP contribution in [0.2, 0.25) is 0 Å². The second kappa shape index (κ2) is 6.24. The molecule has 0 saturated carbocycles. The third kappa shape index (κ3) is 3.18. The van der Waals surface area contributed by atoms with Crippen molar-refractivity contribution in [1.82, 2.24) is 15.3 Å². The summed E-state index contributed by atoms with van der Waals surface area (Å²) in [5.41, 5.74) is 0. The first-order valence-electron chi connectivity index (χ1n) is 4.17. The highest BCUT2D eigenvalue weighted by Gasteiger charge is 2.16. The van der Waals surface area contributed by atoms with Crippen molar-refractivity contribution in [1.29, 1.82) is 0 Å². The zero-order valence-corrected chi connectivity index (χ0v) is 8.96. The van der Waals surface area contributed by atoms with Crippen molar-refractivity contribution in [3.05, 3.63) is 18.2 Å². The van der Waals surface area contributed by atoms with Crippen LogP contribution in [0.25, 0.3) is 0 Å². The van der Waals surface area contributed by atoms with Crippen LogP contribution in [0.5, 0.6) is 0 Å². The van der Waals surface area contributed by atoms with Crippen LogP contribution in [-0.4, -0.2) is 23.1 Å². The van der Waals surface area contributed by atoms with Crippen LogP contribution in [0.4, 0.5) is 0 Å². The lowest BCUT2D eigenvalue weighted by molar-refractivity contribution is 0.447. The fraction of sp³-hybridized carbons (Fsp3) is 0.625. The summed E-state index contributed by atoms with van der Waals surface area (Å²) < 4.78 is 0. The average Bonchev–Trinajstić information content (AvgIpc) is 2.58. The van der Waals surface area contributed by atoms with E-state index in [1.165, 1.54) is 12.8 Å². The fourth-order valence-electron chi connectivity index (χ4n) is 1.60. The number of H-pyrrole nitrogens is 1. The van der Waals surface area contributed by atoms with Gasteiger partial charge in [0, 0.05) is 18.3 Å². The Morgan fingerprint density at radius 1 is 1.23 bits per heavy atom. The number of nitrogens with zero attached hydrogens (tertiary/aromatic N) is 1. The summed E-state index contributed by atoms with van der Waals surface area (Å²) in [6.45, 7) is 2.26. The zero-order valence-electron chi connectivity index (χ0n) is 7.32. The third-order valence-electron chi connectivity index (χ3n) is 2.25. The van der Waals surface area contributed by atoms with Crippen molar-refractivity contribution in [2.75, 3.05) is 13.1 Å². The molecule has 3 nitrogen and oxygen atoms in total. The van der Waals surface area contributed by atoms with E-state index in [4.69, 9.17) is 0 Å². The number of hydrogen-bond acceptors (Lipinski definition) is 2. The summed E-state index contributed by atoms with van der Waals surface area (Å²) in [6, 6.07) is 0. The summed E-state index contributed by atoms with van der Waals surface area (Å²) in [5.74, 6) is 1.82. The average molecular weight is 224 g/mol. The highest BCUT2D eigenvalue weighted by Crippen LogP contribution is 2.20. The van der Waals surface area contributed by atoms with Gasteiger partial charge in [-0.2, -0.15) is 0 Å². The van der Waals surface area contributed by atoms with Crippen LogP contribution in [0.3, 0.4) is 0 Å². The highest BCUT2D eigenvalue weighted by molar-refractivity contribution is 5.85. The molecule has 0 atom stereocenters. The number of halogens is 2. The first kappa shape index (κ1) is 12.8. The maximum Gasteiger partial charge on any atom is 0.109 e. The molecular formula is C8H15Cl2N3. The van der Waals surface area contributed by atoms with Crippen molar-refractivity contribution < 1.29 is 0 Å². The van der Waals surface area contributed by atoms with Gasteiger partial charge in [-0.15, -0.1) is 24.8 Å². The van der Waals surface area contributed by atoms with E-state index < -0.39 is 0 Å². The number of nitrogens with one attached hydrogen (secondary N) is 2. The van der Waals surface area contributed by atoms with Gasteiger partial charge in [-0.3, -0.25) is 0 Å². The Hall–Kier alpha value is -0.250. The molecule has 2 heterocycles. The summed E-state index contributed by atoms with van der Waals surface area (Å²) in [4.78, 5) is 7.42. The van der Waals surface area contributed by atoms with Crippen LogP contribution in [0.1, 0.15) is 24.6 Å². The Morgan fingerprint density at radius 2 is 1.92 bits per heavy atom. The Morgan fingerprint density at radius 3 is 2.46 bits per heavy atom. The first-order chi connectivity index (χ1) is 5.47. The molecule has 2 N–H and O–H groups in total. The van der Waals surface area contributed by atoms with E-state index in [9.17, 15) is 0 Å². The number of aromatic amines is 1. The van der Waals surface area contributed by atoms with Crippen LogP contribution < -0.4 is 5.32 Å². The van der Waals surface area contributed by atoms with Gasteiger partial charge in [0.25, 0.3) is 0 Å². The molecule has 5 heteroatoms. The van der Waals surface area contributed by atoms with E-state index in [2.05, 4.69) is 15.3 Å². The third-order valence-corrected chi connectivity index (χ3v) is 2.25. The van der Waals surface area contributed by atoms with Crippen molar-refractivity contribution in [2.45, 2.75) is 18.8 Å². The molecule has 2 rings (SSSR count). The molecule has 0 aliphatic carbocycles. The van der Waals surface area contributed by atoms with Gasteiger partial charge in [0.15, 0.2) is 0 Å². The number of imidazole rings is 1. The Balaban J connectivity index is 0.000000720. The minimum absolute atomic E-state index is 0. The molecule has 13 heavy (non-hydrogen) atoms. The molecule has 0 bridgehead atoms. The van der Waals surface area contributed by atoms with Crippen molar-refractivity contribution in [3.63, 3.8) is 0 Å². The smallest absolute Gasteiger partial charge is 0.109 e. The van der Waals surface area contributed by atoms with Crippen molar-refractivity contribution in [2.24, 2.45) is 0 Å². The van der Waals surface area contributed by atoms with Crippen molar-refractivity contribution >= 4 is 24.8 Å². The van der Waals surface area contributed by atoms with E-state index >= 15 is 0 Å². The zero-order chi connectivity index (χ0) is 7.52. The summed E-state index contributed by atoms with van der Waals surface area (Å²) in [7, 11) is 0. The maximum absolute atomic E-state index is 4.26. The van der Waals surface area contributed by atoms with Crippen LogP contribution in [0.15, 0.2) is 12.4 Å². The number of piperidine rings is 1. The van der Waals surface area contributed by atoms with E-state index in [-0.39, 0.29) is 24.8 Å². The Bertz CT molecular complexity index is 207. The molecule has 1 aromatic rings.